The normalized spacial score (nSPS) is 25.3. The molecule has 1 aromatic rings. The van der Waals surface area contributed by atoms with Crippen molar-refractivity contribution in [2.75, 3.05) is 18.0 Å². The molecule has 0 spiro atoms. The molecule has 0 aromatic heterocycles. The van der Waals surface area contributed by atoms with E-state index in [9.17, 15) is 9.90 Å². The average molecular weight is 330 g/mol. The van der Waals surface area contributed by atoms with Gasteiger partial charge in [-0.3, -0.25) is 0 Å². The number of benzene rings is 1. The fourth-order valence-electron chi connectivity index (χ4n) is 3.59. The zero-order valence-corrected chi connectivity index (χ0v) is 14.4. The summed E-state index contributed by atoms with van der Waals surface area (Å²) in [5.74, 6) is 0.814. The second-order valence-electron chi connectivity index (χ2n) is 7.21. The molecule has 3 rings (SSSR count). The Morgan fingerprint density at radius 3 is 2.46 bits per heavy atom. The van der Waals surface area contributed by atoms with Crippen molar-refractivity contribution in [3.63, 3.8) is 0 Å². The predicted octanol–water partition coefficient (Wildman–Crippen LogP) is 3.17. The highest BCUT2D eigenvalue weighted by Crippen LogP contribution is 2.24. The van der Waals surface area contributed by atoms with Crippen LogP contribution in [0.2, 0.25) is 0 Å². The summed E-state index contributed by atoms with van der Waals surface area (Å²) in [5.41, 5.74) is 1.86. The highest BCUT2D eigenvalue weighted by molar-refractivity contribution is 5.79. The van der Waals surface area contributed by atoms with Gasteiger partial charge in [0.1, 0.15) is 0 Å². The monoisotopic (exact) mass is 330 g/mol. The average Bonchev–Trinajstić information content (AvgIpc) is 2.58. The van der Waals surface area contributed by atoms with E-state index in [1.54, 1.807) is 0 Å². The van der Waals surface area contributed by atoms with Crippen LogP contribution in [0.15, 0.2) is 24.3 Å². The Labute approximate surface area is 144 Å². The van der Waals surface area contributed by atoms with Crippen LogP contribution in [0.1, 0.15) is 45.4 Å². The van der Waals surface area contributed by atoms with Crippen LogP contribution < -0.4 is 15.5 Å². The molecule has 1 radical (unpaired) electrons. The maximum atomic E-state index is 12.0. The Bertz CT molecular complexity index is 538. The second-order valence-corrected chi connectivity index (χ2v) is 7.21. The number of carbonyl (C=O) groups is 1. The van der Waals surface area contributed by atoms with Crippen molar-refractivity contribution in [2.24, 2.45) is 5.92 Å². The number of aliphatic hydroxyl groups is 1. The summed E-state index contributed by atoms with van der Waals surface area (Å²) in [4.78, 5) is 14.4. The van der Waals surface area contributed by atoms with E-state index < -0.39 is 6.10 Å². The molecule has 1 aliphatic heterocycles. The standard InChI is InChI=1S/C19H28N3O2/c1-14-10-12-22(13-11-14)16-8-6-15(7-9-16)20-19(24)21-17-4-2-3-5-18(17)23/h6-9,14,17-18,23H,2-5,10-13H2,1H3,(H,21,24). The molecule has 2 atom stereocenters. The third kappa shape index (κ3) is 4.41. The molecule has 2 N–H and O–H groups in total. The number of anilines is 1. The fraction of sp³-hybridized carbons (Fsp3) is 0.632. The SMILES string of the molecule is CC1CCN(c2ccc([N]C(=O)NC3CCCCC3O)cc2)CC1. The molecule has 5 nitrogen and oxygen atoms in total. The first kappa shape index (κ1) is 17.1. The van der Waals surface area contributed by atoms with Gasteiger partial charge < -0.3 is 15.3 Å². The topological polar surface area (TPSA) is 66.7 Å². The van der Waals surface area contributed by atoms with Gasteiger partial charge in [0, 0.05) is 18.8 Å². The Kier molecular flexibility index (Phi) is 5.61. The van der Waals surface area contributed by atoms with E-state index in [4.69, 9.17) is 0 Å². The number of hydrogen-bond acceptors (Lipinski definition) is 3. The van der Waals surface area contributed by atoms with Crippen LogP contribution in [0.3, 0.4) is 0 Å². The molecular formula is C19H28N3O2. The molecular weight excluding hydrogens is 302 g/mol. The smallest absolute Gasteiger partial charge is 0.341 e. The number of amides is 2. The van der Waals surface area contributed by atoms with E-state index in [0.29, 0.717) is 5.69 Å². The first-order valence-electron chi connectivity index (χ1n) is 9.17. The molecule has 2 aliphatic rings. The van der Waals surface area contributed by atoms with Gasteiger partial charge in [-0.15, -0.1) is 0 Å². The van der Waals surface area contributed by atoms with Gasteiger partial charge >= 0.3 is 6.03 Å². The van der Waals surface area contributed by atoms with E-state index in [0.717, 1.165) is 44.7 Å². The lowest BCUT2D eigenvalue weighted by Gasteiger charge is -2.32. The maximum absolute atomic E-state index is 12.0. The summed E-state index contributed by atoms with van der Waals surface area (Å²) in [5, 5.41) is 16.9. The number of hydrogen-bond donors (Lipinski definition) is 2. The second kappa shape index (κ2) is 7.88. The van der Waals surface area contributed by atoms with Gasteiger partial charge in [-0.25, -0.2) is 4.79 Å². The zero-order valence-electron chi connectivity index (χ0n) is 14.4. The lowest BCUT2D eigenvalue weighted by Crippen LogP contribution is -2.46. The summed E-state index contributed by atoms with van der Waals surface area (Å²) in [6, 6.07) is 7.34. The molecule has 1 aromatic carbocycles. The van der Waals surface area contributed by atoms with Crippen LogP contribution in [-0.4, -0.2) is 36.4 Å². The largest absolute Gasteiger partial charge is 0.391 e. The van der Waals surface area contributed by atoms with Crippen molar-refractivity contribution >= 4 is 17.4 Å². The van der Waals surface area contributed by atoms with Crippen LogP contribution in [0.25, 0.3) is 0 Å². The van der Waals surface area contributed by atoms with Gasteiger partial charge in [0.15, 0.2) is 0 Å². The number of piperidine rings is 1. The maximum Gasteiger partial charge on any atom is 0.341 e. The highest BCUT2D eigenvalue weighted by atomic mass is 16.3. The molecule has 1 heterocycles. The Morgan fingerprint density at radius 2 is 1.79 bits per heavy atom. The van der Waals surface area contributed by atoms with Gasteiger partial charge in [0.25, 0.3) is 0 Å². The molecule has 24 heavy (non-hydrogen) atoms. The zero-order chi connectivity index (χ0) is 16.9. The third-order valence-corrected chi connectivity index (χ3v) is 5.27. The van der Waals surface area contributed by atoms with Gasteiger partial charge in [-0.1, -0.05) is 19.8 Å². The summed E-state index contributed by atoms with van der Waals surface area (Å²) < 4.78 is 0. The minimum Gasteiger partial charge on any atom is -0.391 e. The van der Waals surface area contributed by atoms with Crippen molar-refractivity contribution in [1.82, 2.24) is 10.6 Å². The number of nitrogens with zero attached hydrogens (tertiary/aromatic N) is 2. The lowest BCUT2D eigenvalue weighted by molar-refractivity contribution is 0.0946. The summed E-state index contributed by atoms with van der Waals surface area (Å²) >= 11 is 0. The molecule has 2 fully saturated rings. The van der Waals surface area contributed by atoms with Gasteiger partial charge in [0.2, 0.25) is 0 Å². The van der Waals surface area contributed by atoms with Gasteiger partial charge in [0.05, 0.1) is 17.8 Å². The van der Waals surface area contributed by atoms with Crippen molar-refractivity contribution < 1.29 is 9.90 Å². The highest BCUT2D eigenvalue weighted by Gasteiger charge is 2.24. The van der Waals surface area contributed by atoms with E-state index in [2.05, 4.69) is 22.5 Å². The summed E-state index contributed by atoms with van der Waals surface area (Å²) in [6.45, 7) is 4.50. The third-order valence-electron chi connectivity index (χ3n) is 5.27. The first-order chi connectivity index (χ1) is 11.6. The van der Waals surface area contributed by atoms with Crippen LogP contribution in [-0.2, 0) is 0 Å². The van der Waals surface area contributed by atoms with E-state index in [-0.39, 0.29) is 12.1 Å². The van der Waals surface area contributed by atoms with Crippen LogP contribution in [0, 0.1) is 5.92 Å². The first-order valence-corrected chi connectivity index (χ1v) is 9.17. The minimum absolute atomic E-state index is 0.162. The van der Waals surface area contributed by atoms with Crippen molar-refractivity contribution in [1.29, 1.82) is 0 Å². The van der Waals surface area contributed by atoms with Crippen LogP contribution >= 0.6 is 0 Å². The molecule has 5 heteroatoms. The molecule has 1 saturated carbocycles. The van der Waals surface area contributed by atoms with Crippen LogP contribution in [0.4, 0.5) is 16.2 Å². The summed E-state index contributed by atoms with van der Waals surface area (Å²) in [7, 11) is 0. The van der Waals surface area contributed by atoms with Crippen LogP contribution in [0.5, 0.6) is 0 Å². The number of aliphatic hydroxyl groups excluding tert-OH is 1. The molecule has 0 bridgehead atoms. The van der Waals surface area contributed by atoms with Crippen molar-refractivity contribution in [2.45, 2.75) is 57.6 Å². The Balaban J connectivity index is 1.51. The van der Waals surface area contributed by atoms with Gasteiger partial charge in [-0.2, -0.15) is 5.32 Å². The lowest BCUT2D eigenvalue weighted by atomic mass is 9.93. The van der Waals surface area contributed by atoms with E-state index >= 15 is 0 Å². The minimum atomic E-state index is -0.443. The summed E-state index contributed by atoms with van der Waals surface area (Å²) in [6.07, 6.45) is 5.69. The molecule has 2 unspecified atom stereocenters. The molecule has 1 saturated heterocycles. The number of carbonyl (C=O) groups excluding carboxylic acids is 1. The fourth-order valence-corrected chi connectivity index (χ4v) is 3.59. The number of rotatable bonds is 3. The van der Waals surface area contributed by atoms with Crippen molar-refractivity contribution in [3.05, 3.63) is 24.3 Å². The molecule has 131 valence electrons. The quantitative estimate of drug-likeness (QED) is 0.894. The number of nitrogens with one attached hydrogen (secondary N) is 1. The Morgan fingerprint density at radius 1 is 1.12 bits per heavy atom. The molecule has 2 amide bonds. The van der Waals surface area contributed by atoms with E-state index in [1.165, 1.54) is 18.5 Å². The van der Waals surface area contributed by atoms with E-state index in [1.807, 2.05) is 24.3 Å². The predicted molar refractivity (Wildman–Crippen MR) is 95.6 cm³/mol. The Hall–Kier alpha value is -1.75. The number of urea groups is 1. The van der Waals surface area contributed by atoms with Crippen molar-refractivity contribution in [3.8, 4) is 0 Å². The molecule has 1 aliphatic carbocycles. The van der Waals surface area contributed by atoms with Gasteiger partial charge in [-0.05, 0) is 55.9 Å².